The van der Waals surface area contributed by atoms with Gasteiger partial charge in [-0.2, -0.15) is 0 Å². The van der Waals surface area contributed by atoms with Gasteiger partial charge in [0.05, 0.1) is 13.2 Å². The van der Waals surface area contributed by atoms with Crippen molar-refractivity contribution in [2.45, 2.75) is 75.7 Å². The molecule has 184 valence electrons. The first-order chi connectivity index (χ1) is 13.7. The molecule has 0 saturated heterocycles. The number of hydrogen-bond donors (Lipinski definition) is 2. The summed E-state index contributed by atoms with van der Waals surface area (Å²) in [6.07, 6.45) is -0.480. The van der Waals surface area contributed by atoms with E-state index in [9.17, 15) is 19.2 Å². The molecule has 0 heterocycles. The van der Waals surface area contributed by atoms with Gasteiger partial charge in [0, 0.05) is 23.7 Å². The molecule has 0 atom stereocenters. The van der Waals surface area contributed by atoms with E-state index < -0.39 is 16.8 Å². The van der Waals surface area contributed by atoms with Crippen molar-refractivity contribution in [3.05, 3.63) is 6.10 Å². The van der Waals surface area contributed by atoms with Gasteiger partial charge in [0.25, 0.3) is 0 Å². The normalized spacial score (nSPS) is 11.0. The number of rotatable bonds is 8. The molecule has 9 heteroatoms. The number of carbonyl (C=O) groups is 4. The maximum Gasteiger partial charge on any atom is 1.00 e. The van der Waals surface area contributed by atoms with E-state index in [0.29, 0.717) is 13.2 Å². The third-order valence-electron chi connectivity index (χ3n) is 3.66. The van der Waals surface area contributed by atoms with Gasteiger partial charge in [-0.3, -0.25) is 14.4 Å². The van der Waals surface area contributed by atoms with E-state index in [1.54, 1.807) is 48.7 Å². The monoisotopic (exact) mass is 532 g/mol. The summed E-state index contributed by atoms with van der Waals surface area (Å²) in [5.41, 5.74) is -1.27. The maximum absolute atomic E-state index is 11.3. The van der Waals surface area contributed by atoms with Crippen LogP contribution < -0.4 is 58.2 Å². The Kier molecular flexibility index (Phi) is 22.5. The molecule has 0 amide bonds. The minimum Gasteiger partial charge on any atom is -0.537 e. The summed E-state index contributed by atoms with van der Waals surface area (Å²) in [6, 6.07) is 0. The Morgan fingerprint density at radius 2 is 1.19 bits per heavy atom. The molecule has 0 aliphatic rings. The molecule has 0 unspecified atom stereocenters. The van der Waals surface area contributed by atoms with E-state index >= 15 is 0 Å². The van der Waals surface area contributed by atoms with Crippen LogP contribution in [0.5, 0.6) is 0 Å². The van der Waals surface area contributed by atoms with Crippen molar-refractivity contribution < 1.29 is 97.1 Å². The zero-order valence-electron chi connectivity index (χ0n) is 22.2. The Bertz CT molecular complexity index is 564. The van der Waals surface area contributed by atoms with E-state index in [4.69, 9.17) is 19.7 Å². The molecule has 0 spiro atoms. The molecule has 8 nitrogen and oxygen atoms in total. The second kappa shape index (κ2) is 18.4. The summed E-state index contributed by atoms with van der Waals surface area (Å²) in [5, 5.41) is 17.0. The Balaban J connectivity index is -0.000000183. The van der Waals surface area contributed by atoms with Gasteiger partial charge in [-0.25, -0.2) is 6.10 Å². The van der Waals surface area contributed by atoms with Crippen LogP contribution in [-0.4, -0.2) is 60.5 Å². The molecule has 0 bridgehead atoms. The van der Waals surface area contributed by atoms with Crippen LogP contribution in [0, 0.1) is 22.3 Å². The third-order valence-corrected chi connectivity index (χ3v) is 3.66. The van der Waals surface area contributed by atoms with Gasteiger partial charge in [-0.05, 0) is 5.41 Å². The van der Waals surface area contributed by atoms with E-state index in [1.807, 2.05) is 20.8 Å². The fourth-order valence-electron chi connectivity index (χ4n) is 1.47. The zero-order chi connectivity index (χ0) is 25.6. The summed E-state index contributed by atoms with van der Waals surface area (Å²) in [4.78, 5) is 43.1. The van der Waals surface area contributed by atoms with Crippen LogP contribution in [0.1, 0.15) is 75.7 Å². The molecule has 0 fully saturated rings. The number of carboxylic acid groups (broad SMARTS) is 1. The molecule has 2 N–H and O–H groups in total. The zero-order valence-corrected chi connectivity index (χ0v) is 27.1. The molecule has 0 rings (SSSR count). The Hall–Kier alpha value is 0.0352. The van der Waals surface area contributed by atoms with Crippen molar-refractivity contribution in [3.8, 4) is 0 Å². The number of Topliss-reactive ketones (excluding diaryl/α,β-unsaturated/α-hetero) is 3. The van der Waals surface area contributed by atoms with Crippen LogP contribution in [0.25, 0.3) is 0 Å². The Morgan fingerprint density at radius 1 is 0.781 bits per heavy atom. The SMILES string of the molecule is CC(C)(C)C(=O)CC(=O)O.COCCOCC(=O)C(C)(C)C.C[C-](O)C(=O)C(C)(C)C.[Rb+]. The van der Waals surface area contributed by atoms with Crippen LogP contribution in [0.3, 0.4) is 0 Å². The number of aliphatic hydroxyl groups is 1. The molecule has 0 saturated carbocycles. The van der Waals surface area contributed by atoms with Crippen molar-refractivity contribution in [2.24, 2.45) is 16.2 Å². The number of carbonyl (C=O) groups excluding carboxylic acids is 3. The molecular formula is C23H43O8Rb. The first kappa shape index (κ1) is 39.3. The van der Waals surface area contributed by atoms with Gasteiger partial charge in [-0.1, -0.05) is 62.3 Å². The molecule has 0 aliphatic carbocycles. The molecule has 0 aromatic carbocycles. The number of carboxylic acids is 1. The quantitative estimate of drug-likeness (QED) is 0.268. The predicted molar refractivity (Wildman–Crippen MR) is 119 cm³/mol. The van der Waals surface area contributed by atoms with Gasteiger partial charge in [0.2, 0.25) is 0 Å². The Labute approximate surface area is 243 Å². The number of ether oxygens (including phenoxy) is 2. The molecular weight excluding hydrogens is 490 g/mol. The fourth-order valence-corrected chi connectivity index (χ4v) is 1.47. The number of hydrogen-bond acceptors (Lipinski definition) is 7. The summed E-state index contributed by atoms with van der Waals surface area (Å²) in [5.74, 6) is -1.36. The third kappa shape index (κ3) is 24.7. The maximum atomic E-state index is 11.3. The van der Waals surface area contributed by atoms with Crippen LogP contribution in [-0.2, 0) is 28.7 Å². The Morgan fingerprint density at radius 3 is 1.38 bits per heavy atom. The molecule has 32 heavy (non-hydrogen) atoms. The second-order valence-electron chi connectivity index (χ2n) is 10.1. The topological polar surface area (TPSA) is 127 Å². The number of aliphatic carboxylic acids is 1. The smallest absolute Gasteiger partial charge is 0.537 e. The van der Waals surface area contributed by atoms with E-state index in [-0.39, 0.29) is 100 Å². The minimum absolute atomic E-state index is 0. The van der Waals surface area contributed by atoms with E-state index in [1.165, 1.54) is 6.92 Å². The van der Waals surface area contributed by atoms with Gasteiger partial charge in [-0.15, -0.1) is 6.92 Å². The average Bonchev–Trinajstić information content (AvgIpc) is 2.55. The fraction of sp³-hybridized carbons (Fsp3) is 0.783. The average molecular weight is 533 g/mol. The summed E-state index contributed by atoms with van der Waals surface area (Å²) in [6.45, 7) is 18.7. The van der Waals surface area contributed by atoms with Crippen molar-refractivity contribution in [2.75, 3.05) is 26.9 Å². The second-order valence-corrected chi connectivity index (χ2v) is 10.1. The number of ketones is 3. The summed E-state index contributed by atoms with van der Waals surface area (Å²) >= 11 is 0. The van der Waals surface area contributed by atoms with Crippen molar-refractivity contribution in [3.63, 3.8) is 0 Å². The first-order valence-electron chi connectivity index (χ1n) is 10.1. The molecule has 0 aromatic rings. The molecule has 0 aliphatic heterocycles. The van der Waals surface area contributed by atoms with Crippen LogP contribution in [0.2, 0.25) is 0 Å². The molecule has 0 aromatic heterocycles. The first-order valence-corrected chi connectivity index (χ1v) is 10.1. The summed E-state index contributed by atoms with van der Waals surface area (Å²) in [7, 11) is 1.61. The largest absolute Gasteiger partial charge is 1.00 e. The molecule has 0 radical (unpaired) electrons. The van der Waals surface area contributed by atoms with Gasteiger partial charge in [0.1, 0.15) is 18.8 Å². The van der Waals surface area contributed by atoms with Gasteiger partial charge >= 0.3 is 64.2 Å². The standard InChI is InChI=1S/C9H18O3.C7H12O3.C7H13O2.Rb/c1-9(2,3)8(10)7-12-6-5-11-4;1-7(2,3)5(8)4-6(9)10;1-5(8)6(9)7(2,3)4;/h5-7H2,1-4H3;4H2,1-3H3,(H,9,10);8H,1-4H3;/q;;-1;+1. The summed E-state index contributed by atoms with van der Waals surface area (Å²) < 4.78 is 9.86. The van der Waals surface area contributed by atoms with Crippen molar-refractivity contribution in [1.29, 1.82) is 0 Å². The predicted octanol–water partition coefficient (Wildman–Crippen LogP) is 0.871. The number of methoxy groups -OCH3 is 1. The minimum atomic E-state index is -1.06. The van der Waals surface area contributed by atoms with E-state index in [2.05, 4.69) is 0 Å². The van der Waals surface area contributed by atoms with E-state index in [0.717, 1.165) is 0 Å². The van der Waals surface area contributed by atoms with Gasteiger partial charge in [0.15, 0.2) is 5.78 Å². The van der Waals surface area contributed by atoms with Crippen LogP contribution >= 0.6 is 0 Å². The van der Waals surface area contributed by atoms with Crippen molar-refractivity contribution in [1.82, 2.24) is 0 Å². The van der Waals surface area contributed by atoms with Crippen LogP contribution in [0.15, 0.2) is 0 Å². The number of aliphatic hydroxyl groups excluding tert-OH is 1. The van der Waals surface area contributed by atoms with Crippen LogP contribution in [0.4, 0.5) is 0 Å². The van der Waals surface area contributed by atoms with Gasteiger partial charge < -0.3 is 24.5 Å². The van der Waals surface area contributed by atoms with Crippen molar-refractivity contribution >= 4 is 23.3 Å².